The molecule has 5 heteroatoms. The van der Waals surface area contributed by atoms with Gasteiger partial charge in [-0.2, -0.15) is 5.10 Å². The Bertz CT molecular complexity index is 678. The average molecular weight is 292 g/mol. The molecule has 1 N–H and O–H groups in total. The van der Waals surface area contributed by atoms with E-state index in [2.05, 4.69) is 47.0 Å². The number of nitrogens with one attached hydrogen (secondary N) is 1. The van der Waals surface area contributed by atoms with Crippen LogP contribution in [0.5, 0.6) is 0 Å². The fourth-order valence-electron chi connectivity index (χ4n) is 3.67. The number of fused-ring (bicyclic) bond motifs is 1. The second kappa shape index (κ2) is 5.02. The molecule has 0 aliphatic heterocycles. The quantitative estimate of drug-likeness (QED) is 0.842. The van der Waals surface area contributed by atoms with E-state index in [-0.39, 0.29) is 0 Å². The molecule has 3 rings (SSSR count). The molecule has 2 heterocycles. The van der Waals surface area contributed by atoms with E-state index in [1.165, 1.54) is 24.9 Å². The number of hydrogen-bond acceptors (Lipinski definition) is 2. The number of hydrogen-bond donors (Lipinski definition) is 1. The van der Waals surface area contributed by atoms with E-state index in [0.717, 1.165) is 28.4 Å². The highest BCUT2D eigenvalue weighted by Gasteiger charge is 2.31. The summed E-state index contributed by atoms with van der Waals surface area (Å²) in [4.78, 5) is 3.38. The topological polar surface area (TPSA) is 38.5 Å². The third kappa shape index (κ3) is 1.94. The maximum Gasteiger partial charge on any atom is 0.179 e. The highest BCUT2D eigenvalue weighted by Crippen LogP contribution is 2.39. The Kier molecular flexibility index (Phi) is 3.48. The van der Waals surface area contributed by atoms with E-state index in [1.54, 1.807) is 0 Å². The predicted molar refractivity (Wildman–Crippen MR) is 84.5 cm³/mol. The normalized spacial score (nSPS) is 27.3. The first-order chi connectivity index (χ1) is 9.54. The zero-order valence-electron chi connectivity index (χ0n) is 12.8. The minimum atomic E-state index is 0.501. The maximum absolute atomic E-state index is 5.61. The molecular weight excluding hydrogens is 268 g/mol. The highest BCUT2D eigenvalue weighted by atomic mass is 32.1. The van der Waals surface area contributed by atoms with Crippen molar-refractivity contribution in [1.29, 1.82) is 0 Å². The molecule has 110 valence electrons. The number of aromatic nitrogens is 4. The van der Waals surface area contributed by atoms with Crippen molar-refractivity contribution in [2.24, 2.45) is 11.8 Å². The summed E-state index contributed by atoms with van der Waals surface area (Å²) in [5.74, 6) is 1.43. The van der Waals surface area contributed by atoms with Crippen LogP contribution < -0.4 is 0 Å². The molecule has 20 heavy (non-hydrogen) atoms. The van der Waals surface area contributed by atoms with E-state index >= 15 is 0 Å². The molecule has 3 unspecified atom stereocenters. The molecule has 4 nitrogen and oxygen atoms in total. The number of aryl methyl sites for hydroxylation is 2. The van der Waals surface area contributed by atoms with E-state index in [1.807, 2.05) is 0 Å². The van der Waals surface area contributed by atoms with Crippen molar-refractivity contribution >= 4 is 23.4 Å². The van der Waals surface area contributed by atoms with Crippen LogP contribution in [-0.4, -0.2) is 19.3 Å². The predicted octanol–water partition coefficient (Wildman–Crippen LogP) is 4.22. The van der Waals surface area contributed by atoms with Crippen molar-refractivity contribution < 1.29 is 0 Å². The van der Waals surface area contributed by atoms with Gasteiger partial charge in [-0.15, -0.1) is 0 Å². The molecule has 0 bridgehead atoms. The number of nitrogens with zero attached hydrogens (tertiary/aromatic N) is 3. The Hall–Kier alpha value is -1.10. The van der Waals surface area contributed by atoms with Crippen LogP contribution in [0.1, 0.15) is 51.8 Å². The van der Waals surface area contributed by atoms with Gasteiger partial charge in [0.1, 0.15) is 5.52 Å². The van der Waals surface area contributed by atoms with Crippen LogP contribution in [0.15, 0.2) is 0 Å². The summed E-state index contributed by atoms with van der Waals surface area (Å²) in [6, 6.07) is 0.501. The lowest BCUT2D eigenvalue weighted by Crippen LogP contribution is -2.27. The lowest BCUT2D eigenvalue weighted by molar-refractivity contribution is 0.187. The summed E-state index contributed by atoms with van der Waals surface area (Å²) in [6.45, 7) is 9.81. The van der Waals surface area contributed by atoms with Crippen LogP contribution >= 0.6 is 12.2 Å². The van der Waals surface area contributed by atoms with Gasteiger partial charge in [0.05, 0.1) is 5.69 Å². The molecule has 1 fully saturated rings. The first-order valence-electron chi connectivity index (χ1n) is 7.72. The van der Waals surface area contributed by atoms with Crippen molar-refractivity contribution in [3.05, 3.63) is 10.5 Å². The Morgan fingerprint density at radius 2 is 2.10 bits per heavy atom. The van der Waals surface area contributed by atoms with E-state index in [4.69, 9.17) is 12.2 Å². The monoisotopic (exact) mass is 292 g/mol. The molecule has 2 aromatic rings. The number of imidazole rings is 1. The highest BCUT2D eigenvalue weighted by molar-refractivity contribution is 7.71. The van der Waals surface area contributed by atoms with Gasteiger partial charge < -0.3 is 4.98 Å². The smallest absolute Gasteiger partial charge is 0.179 e. The van der Waals surface area contributed by atoms with Gasteiger partial charge in [0.2, 0.25) is 0 Å². The maximum atomic E-state index is 5.61. The molecule has 3 atom stereocenters. The molecule has 1 aliphatic carbocycles. The third-order valence-corrected chi connectivity index (χ3v) is 5.37. The summed E-state index contributed by atoms with van der Waals surface area (Å²) in [7, 11) is 0. The number of aromatic amines is 1. The lowest BCUT2D eigenvalue weighted by Gasteiger charge is -2.35. The van der Waals surface area contributed by atoms with Crippen molar-refractivity contribution in [2.45, 2.75) is 59.5 Å². The standard InChI is InChI=1S/C15H24N4S/c1-5-18-14-13(11(4)17-18)16-15(20)19(14)12-8-6-7-9(2)10(12)3/h9-10,12H,5-8H2,1-4H3,(H,16,20). The van der Waals surface area contributed by atoms with Crippen LogP contribution in [0.4, 0.5) is 0 Å². The Labute approximate surface area is 125 Å². The fourth-order valence-corrected chi connectivity index (χ4v) is 3.99. The second-order valence-corrected chi connectivity index (χ2v) is 6.62. The first kappa shape index (κ1) is 13.9. The van der Waals surface area contributed by atoms with Crippen LogP contribution in [0.3, 0.4) is 0 Å². The molecule has 0 aromatic carbocycles. The van der Waals surface area contributed by atoms with Crippen molar-refractivity contribution in [1.82, 2.24) is 19.3 Å². The van der Waals surface area contributed by atoms with E-state index in [0.29, 0.717) is 12.0 Å². The summed E-state index contributed by atoms with van der Waals surface area (Å²) in [5.41, 5.74) is 3.34. The van der Waals surface area contributed by atoms with Crippen LogP contribution in [-0.2, 0) is 6.54 Å². The minimum absolute atomic E-state index is 0.501. The fraction of sp³-hybridized carbons (Fsp3) is 0.733. The SMILES string of the molecule is CCn1nc(C)c2[nH]c(=S)n(C3CCCC(C)C3C)c21. The molecule has 2 aromatic heterocycles. The summed E-state index contributed by atoms with van der Waals surface area (Å²) < 4.78 is 5.28. The summed E-state index contributed by atoms with van der Waals surface area (Å²) in [6.07, 6.45) is 3.86. The molecule has 0 radical (unpaired) electrons. The van der Waals surface area contributed by atoms with Crippen LogP contribution in [0.25, 0.3) is 11.2 Å². The number of rotatable bonds is 2. The van der Waals surface area contributed by atoms with Crippen molar-refractivity contribution in [3.63, 3.8) is 0 Å². The van der Waals surface area contributed by atoms with E-state index < -0.39 is 0 Å². The Morgan fingerprint density at radius 1 is 1.35 bits per heavy atom. The molecule has 0 saturated heterocycles. The zero-order chi connectivity index (χ0) is 14.4. The Morgan fingerprint density at radius 3 is 2.80 bits per heavy atom. The first-order valence-corrected chi connectivity index (χ1v) is 8.13. The van der Waals surface area contributed by atoms with Gasteiger partial charge in [-0.3, -0.25) is 4.57 Å². The van der Waals surface area contributed by atoms with Gasteiger partial charge in [0.15, 0.2) is 10.4 Å². The largest absolute Gasteiger partial charge is 0.328 e. The van der Waals surface area contributed by atoms with Gasteiger partial charge in [-0.25, -0.2) is 4.68 Å². The lowest BCUT2D eigenvalue weighted by atomic mass is 9.78. The van der Waals surface area contributed by atoms with Gasteiger partial charge in [0, 0.05) is 12.6 Å². The summed E-state index contributed by atoms with van der Waals surface area (Å²) >= 11 is 5.61. The summed E-state index contributed by atoms with van der Waals surface area (Å²) in [5, 5.41) is 4.63. The molecule has 0 amide bonds. The van der Waals surface area contributed by atoms with Gasteiger partial charge in [-0.1, -0.05) is 26.7 Å². The molecule has 1 saturated carbocycles. The van der Waals surface area contributed by atoms with Gasteiger partial charge >= 0.3 is 0 Å². The Balaban J connectivity index is 2.20. The van der Waals surface area contributed by atoms with Crippen LogP contribution in [0, 0.1) is 23.5 Å². The van der Waals surface area contributed by atoms with Crippen molar-refractivity contribution in [3.8, 4) is 0 Å². The van der Waals surface area contributed by atoms with Crippen LogP contribution in [0.2, 0.25) is 0 Å². The average Bonchev–Trinajstić information content (AvgIpc) is 2.90. The van der Waals surface area contributed by atoms with E-state index in [9.17, 15) is 0 Å². The molecular formula is C15H24N4S. The second-order valence-electron chi connectivity index (χ2n) is 6.23. The van der Waals surface area contributed by atoms with Gasteiger partial charge in [0.25, 0.3) is 0 Å². The third-order valence-electron chi connectivity index (χ3n) is 5.07. The minimum Gasteiger partial charge on any atom is -0.328 e. The molecule has 1 aliphatic rings. The zero-order valence-corrected chi connectivity index (χ0v) is 13.6. The van der Waals surface area contributed by atoms with Crippen molar-refractivity contribution in [2.75, 3.05) is 0 Å². The molecule has 0 spiro atoms. The number of H-pyrrole nitrogens is 1. The van der Waals surface area contributed by atoms with Gasteiger partial charge in [-0.05, 0) is 44.3 Å².